The van der Waals surface area contributed by atoms with Crippen LogP contribution in [0.25, 0.3) is 0 Å². The van der Waals surface area contributed by atoms with Crippen LogP contribution < -0.4 is 10.2 Å². The molecule has 2 aromatic rings. The quantitative estimate of drug-likeness (QED) is 0.719. The molecule has 182 valence electrons. The predicted octanol–water partition coefficient (Wildman–Crippen LogP) is 3.76. The van der Waals surface area contributed by atoms with Gasteiger partial charge in [-0.3, -0.25) is 4.79 Å². The molecule has 9 heteroatoms. The number of carbonyl (C=O) groups is 2. The van der Waals surface area contributed by atoms with E-state index in [1.165, 1.54) is 16.9 Å². The van der Waals surface area contributed by atoms with Crippen molar-refractivity contribution in [3.8, 4) is 0 Å². The van der Waals surface area contributed by atoms with Crippen LogP contribution in [0.1, 0.15) is 47.6 Å². The fourth-order valence-corrected chi connectivity index (χ4v) is 6.40. The molecule has 1 N–H and O–H groups in total. The van der Waals surface area contributed by atoms with Gasteiger partial charge in [-0.2, -0.15) is 0 Å². The van der Waals surface area contributed by atoms with Gasteiger partial charge in [0.25, 0.3) is 5.91 Å². The number of ether oxygens (including phenoxy) is 1. The third-order valence-electron chi connectivity index (χ3n) is 7.00. The molecule has 2 atom stereocenters. The van der Waals surface area contributed by atoms with Crippen LogP contribution in [0, 0.1) is 6.92 Å². The molecule has 5 rings (SSSR count). The highest BCUT2D eigenvalue weighted by molar-refractivity contribution is 7.17. The monoisotopic (exact) mass is 483 g/mol. The van der Waals surface area contributed by atoms with E-state index >= 15 is 0 Å². The molecule has 0 saturated carbocycles. The second-order valence-electron chi connectivity index (χ2n) is 9.63. The van der Waals surface area contributed by atoms with Crippen LogP contribution in [0.5, 0.6) is 0 Å². The molecule has 34 heavy (non-hydrogen) atoms. The van der Waals surface area contributed by atoms with Crippen LogP contribution in [0.2, 0.25) is 0 Å². The number of morpholine rings is 1. The number of nitrogens with one attached hydrogen (secondary N) is 1. The largest absolute Gasteiger partial charge is 0.372 e. The Balaban J connectivity index is 1.22. The first-order valence-electron chi connectivity index (χ1n) is 12.2. The molecule has 3 aliphatic rings. The molecular formula is C25H33N5O3S. The first-order chi connectivity index (χ1) is 16.4. The number of anilines is 2. The highest BCUT2D eigenvalue weighted by atomic mass is 32.1. The van der Waals surface area contributed by atoms with Crippen LogP contribution >= 0.6 is 11.3 Å². The Bertz CT molecular complexity index is 1050. The van der Waals surface area contributed by atoms with Crippen molar-refractivity contribution in [2.24, 2.45) is 0 Å². The lowest BCUT2D eigenvalue weighted by atomic mass is 10.0. The van der Waals surface area contributed by atoms with Gasteiger partial charge in [0.05, 0.1) is 17.9 Å². The number of thiazole rings is 1. The van der Waals surface area contributed by atoms with Crippen molar-refractivity contribution in [2.45, 2.75) is 58.3 Å². The number of hydrogen-bond donors (Lipinski definition) is 1. The van der Waals surface area contributed by atoms with Gasteiger partial charge in [-0.25, -0.2) is 9.78 Å². The smallest absolute Gasteiger partial charge is 0.322 e. The predicted molar refractivity (Wildman–Crippen MR) is 134 cm³/mol. The molecule has 2 unspecified atom stereocenters. The maximum absolute atomic E-state index is 13.2. The Morgan fingerprint density at radius 3 is 2.56 bits per heavy atom. The molecule has 0 aliphatic carbocycles. The molecule has 3 amide bonds. The minimum atomic E-state index is -0.00431. The second-order valence-corrected chi connectivity index (χ2v) is 10.6. The van der Waals surface area contributed by atoms with E-state index in [0.717, 1.165) is 60.3 Å². The van der Waals surface area contributed by atoms with Crippen molar-refractivity contribution in [3.05, 3.63) is 40.4 Å². The van der Waals surface area contributed by atoms with E-state index in [1.807, 2.05) is 48.8 Å². The maximum Gasteiger partial charge on any atom is 0.322 e. The molecule has 0 spiro atoms. The van der Waals surface area contributed by atoms with E-state index in [9.17, 15) is 9.59 Å². The van der Waals surface area contributed by atoms with E-state index in [-0.39, 0.29) is 30.2 Å². The molecule has 0 bridgehead atoms. The maximum atomic E-state index is 13.2. The van der Waals surface area contributed by atoms with Gasteiger partial charge in [0.1, 0.15) is 4.88 Å². The number of amides is 3. The lowest BCUT2D eigenvalue weighted by Crippen LogP contribution is -2.49. The molecule has 8 nitrogen and oxygen atoms in total. The summed E-state index contributed by atoms with van der Waals surface area (Å²) in [6, 6.07) is 8.25. The standard InChI is InChI=1S/C25H33N5O3S/c1-16-14-29(15-17(2)33-16)23(31)22-18(3)26-25(34-22)28-11-9-20(10-12-28)30-13-8-19-6-4-5-7-21(19)27-24(30)32/h4-7,16-17,20H,8-15H2,1-3H3,(H,27,32). The summed E-state index contributed by atoms with van der Waals surface area (Å²) < 4.78 is 5.78. The van der Waals surface area contributed by atoms with Crippen LogP contribution in [-0.2, 0) is 11.2 Å². The van der Waals surface area contributed by atoms with Gasteiger partial charge in [0.2, 0.25) is 0 Å². The van der Waals surface area contributed by atoms with Gasteiger partial charge in [0.15, 0.2) is 5.13 Å². The van der Waals surface area contributed by atoms with Crippen molar-refractivity contribution < 1.29 is 14.3 Å². The fraction of sp³-hybridized carbons (Fsp3) is 0.560. The van der Waals surface area contributed by atoms with Crippen molar-refractivity contribution in [3.63, 3.8) is 0 Å². The Hall–Kier alpha value is -2.65. The van der Waals surface area contributed by atoms with Gasteiger partial charge < -0.3 is 24.8 Å². The third-order valence-corrected chi connectivity index (χ3v) is 8.21. The minimum Gasteiger partial charge on any atom is -0.372 e. The van der Waals surface area contributed by atoms with Gasteiger partial charge in [-0.1, -0.05) is 29.5 Å². The topological polar surface area (TPSA) is 78.0 Å². The van der Waals surface area contributed by atoms with Gasteiger partial charge >= 0.3 is 6.03 Å². The van der Waals surface area contributed by atoms with E-state index in [2.05, 4.69) is 16.3 Å². The Labute approximate surface area is 204 Å². The van der Waals surface area contributed by atoms with Crippen LogP contribution in [-0.4, -0.2) is 77.7 Å². The normalized spacial score (nSPS) is 24.0. The number of para-hydroxylation sites is 1. The van der Waals surface area contributed by atoms with Crippen LogP contribution in [0.4, 0.5) is 15.6 Å². The summed E-state index contributed by atoms with van der Waals surface area (Å²) in [5.41, 5.74) is 2.91. The van der Waals surface area contributed by atoms with Crippen LogP contribution in [0.15, 0.2) is 24.3 Å². The van der Waals surface area contributed by atoms with E-state index in [4.69, 9.17) is 9.72 Å². The number of carbonyl (C=O) groups excluding carboxylic acids is 2. The number of piperidine rings is 1. The van der Waals surface area contributed by atoms with E-state index < -0.39 is 0 Å². The first kappa shape index (κ1) is 23.1. The average molecular weight is 484 g/mol. The third kappa shape index (κ3) is 4.63. The van der Waals surface area contributed by atoms with Crippen molar-refractivity contribution in [2.75, 3.05) is 42.9 Å². The average Bonchev–Trinajstić information content (AvgIpc) is 3.12. The molecular weight excluding hydrogens is 450 g/mol. The van der Waals surface area contributed by atoms with Gasteiger partial charge in [-0.05, 0) is 51.7 Å². The summed E-state index contributed by atoms with van der Waals surface area (Å²) in [4.78, 5) is 37.7. The lowest BCUT2D eigenvalue weighted by molar-refractivity contribution is -0.0585. The lowest BCUT2D eigenvalue weighted by Gasteiger charge is -2.37. The highest BCUT2D eigenvalue weighted by Crippen LogP contribution is 2.31. The van der Waals surface area contributed by atoms with Crippen molar-refractivity contribution in [1.82, 2.24) is 14.8 Å². The summed E-state index contributed by atoms with van der Waals surface area (Å²) >= 11 is 1.49. The number of fused-ring (bicyclic) bond motifs is 1. The summed E-state index contributed by atoms with van der Waals surface area (Å²) in [5.74, 6) is 0.0546. The van der Waals surface area contributed by atoms with Gasteiger partial charge in [-0.15, -0.1) is 0 Å². The zero-order valence-electron chi connectivity index (χ0n) is 20.1. The second kappa shape index (κ2) is 9.54. The van der Waals surface area contributed by atoms with Gasteiger partial charge in [0, 0.05) is 44.5 Å². The summed E-state index contributed by atoms with van der Waals surface area (Å²) in [7, 11) is 0. The zero-order valence-corrected chi connectivity index (χ0v) is 20.9. The molecule has 1 aromatic heterocycles. The SMILES string of the molecule is Cc1nc(N2CCC(N3CCc4ccccc4NC3=O)CC2)sc1C(=O)N1CC(C)OC(C)C1. The molecule has 1 aromatic carbocycles. The van der Waals surface area contributed by atoms with E-state index in [1.54, 1.807) is 0 Å². The van der Waals surface area contributed by atoms with Crippen LogP contribution in [0.3, 0.4) is 0 Å². The van der Waals surface area contributed by atoms with E-state index in [0.29, 0.717) is 13.1 Å². The summed E-state index contributed by atoms with van der Waals surface area (Å²) in [6.07, 6.45) is 2.74. The molecule has 4 heterocycles. The number of nitrogens with zero attached hydrogens (tertiary/aromatic N) is 4. The Morgan fingerprint density at radius 2 is 1.82 bits per heavy atom. The minimum absolute atomic E-state index is 0.00431. The zero-order chi connectivity index (χ0) is 23.8. The molecule has 0 radical (unpaired) electrons. The van der Waals surface area contributed by atoms with Crippen molar-refractivity contribution in [1.29, 1.82) is 0 Å². The number of benzene rings is 1. The fourth-order valence-electron chi connectivity index (χ4n) is 5.31. The first-order valence-corrected chi connectivity index (χ1v) is 13.0. The Kier molecular flexibility index (Phi) is 6.48. The summed E-state index contributed by atoms with van der Waals surface area (Å²) in [5, 5.41) is 3.99. The molecule has 3 aliphatic heterocycles. The number of aryl methyl sites for hydroxylation is 1. The number of urea groups is 1. The highest BCUT2D eigenvalue weighted by Gasteiger charge is 2.33. The van der Waals surface area contributed by atoms with Crippen molar-refractivity contribution >= 4 is 34.1 Å². The number of rotatable bonds is 3. The number of aromatic nitrogens is 1. The summed E-state index contributed by atoms with van der Waals surface area (Å²) in [6.45, 7) is 9.56. The number of hydrogen-bond acceptors (Lipinski definition) is 6. The molecule has 2 saturated heterocycles. The molecule has 2 fully saturated rings. The Morgan fingerprint density at radius 1 is 1.12 bits per heavy atom.